The van der Waals surface area contributed by atoms with Crippen molar-refractivity contribution in [3.63, 3.8) is 0 Å². The molecule has 5 nitrogen and oxygen atoms in total. The lowest BCUT2D eigenvalue weighted by Gasteiger charge is -2.22. The molecule has 0 atom stereocenters. The molecule has 0 saturated carbocycles. The van der Waals surface area contributed by atoms with Crippen LogP contribution in [0.2, 0.25) is 0 Å². The van der Waals surface area contributed by atoms with Crippen LogP contribution in [-0.4, -0.2) is 34.4 Å². The number of nitrogens with zero attached hydrogens (tertiary/aromatic N) is 1. The van der Waals surface area contributed by atoms with Crippen molar-refractivity contribution < 1.29 is 14.3 Å². The largest absolute Gasteiger partial charge is 0.491 e. The van der Waals surface area contributed by atoms with Crippen LogP contribution in [0, 0.1) is 0 Å². The number of benzene rings is 1. The van der Waals surface area contributed by atoms with E-state index in [0.29, 0.717) is 13.2 Å². The molecule has 102 valence electrons. The highest BCUT2D eigenvalue weighted by molar-refractivity contribution is 5.72. The first-order chi connectivity index (χ1) is 8.63. The van der Waals surface area contributed by atoms with Gasteiger partial charge in [-0.05, 0) is 13.8 Å². The monoisotopic (exact) mass is 254 g/mol. The number of anilines is 2. The Morgan fingerprint density at radius 1 is 1.06 bits per heavy atom. The van der Waals surface area contributed by atoms with E-state index in [2.05, 4.69) is 5.48 Å². The average molecular weight is 254 g/mol. The van der Waals surface area contributed by atoms with Gasteiger partial charge in [0, 0.05) is 26.2 Å². The zero-order valence-corrected chi connectivity index (χ0v) is 11.7. The Morgan fingerprint density at radius 2 is 1.56 bits per heavy atom. The second-order valence-electron chi connectivity index (χ2n) is 3.89. The molecular formula is C13H22N2O3. The third-order valence-electron chi connectivity index (χ3n) is 2.31. The van der Waals surface area contributed by atoms with Crippen LogP contribution in [0.15, 0.2) is 12.1 Å². The molecule has 0 unspecified atom stereocenters. The van der Waals surface area contributed by atoms with Crippen molar-refractivity contribution in [2.24, 2.45) is 0 Å². The summed E-state index contributed by atoms with van der Waals surface area (Å²) in [5, 5.41) is 0. The Balaban J connectivity index is 3.24. The van der Waals surface area contributed by atoms with Crippen LogP contribution in [0.4, 0.5) is 11.4 Å². The molecule has 0 aromatic heterocycles. The van der Waals surface area contributed by atoms with Gasteiger partial charge in [-0.15, -0.1) is 0 Å². The summed E-state index contributed by atoms with van der Waals surface area (Å²) in [5.74, 6) is 1.54. The summed E-state index contributed by atoms with van der Waals surface area (Å²) in [6.45, 7) is 5.11. The fraction of sp³-hybridized carbons (Fsp3) is 0.538. The molecule has 1 N–H and O–H groups in total. The standard InChI is InChI=1S/C13H22N2O3/c1-6-17-11-8-10(14-16-5)9-12(18-7-2)13(11)15(3)4/h8-9,14H,6-7H2,1-5H3. The predicted octanol–water partition coefficient (Wildman–Crippen LogP) is 2.52. The zero-order valence-electron chi connectivity index (χ0n) is 11.7. The first-order valence-corrected chi connectivity index (χ1v) is 6.03. The molecule has 0 radical (unpaired) electrons. The van der Waals surface area contributed by atoms with Crippen molar-refractivity contribution in [3.8, 4) is 11.5 Å². The zero-order chi connectivity index (χ0) is 13.5. The summed E-state index contributed by atoms with van der Waals surface area (Å²) < 4.78 is 11.3. The van der Waals surface area contributed by atoms with E-state index in [-0.39, 0.29) is 0 Å². The van der Waals surface area contributed by atoms with E-state index in [9.17, 15) is 0 Å². The molecule has 1 rings (SSSR count). The van der Waals surface area contributed by atoms with Gasteiger partial charge in [-0.3, -0.25) is 10.3 Å². The molecule has 0 fully saturated rings. The first kappa shape index (κ1) is 14.4. The molecule has 0 saturated heterocycles. The van der Waals surface area contributed by atoms with Crippen molar-refractivity contribution in [1.29, 1.82) is 0 Å². The van der Waals surface area contributed by atoms with Gasteiger partial charge in [0.2, 0.25) is 0 Å². The normalized spacial score (nSPS) is 10.1. The minimum atomic E-state index is 0.600. The number of hydrogen-bond acceptors (Lipinski definition) is 5. The smallest absolute Gasteiger partial charge is 0.148 e. The van der Waals surface area contributed by atoms with E-state index in [1.165, 1.54) is 0 Å². The highest BCUT2D eigenvalue weighted by Crippen LogP contribution is 2.40. The molecule has 18 heavy (non-hydrogen) atoms. The van der Waals surface area contributed by atoms with Crippen LogP contribution in [0.5, 0.6) is 11.5 Å². The Morgan fingerprint density at radius 3 is 1.89 bits per heavy atom. The Bertz CT molecular complexity index is 353. The van der Waals surface area contributed by atoms with Crippen LogP contribution >= 0.6 is 0 Å². The molecule has 1 aromatic rings. The summed E-state index contributed by atoms with van der Waals surface area (Å²) in [6, 6.07) is 3.79. The Kier molecular flexibility index (Phi) is 5.58. The minimum Gasteiger partial charge on any atom is -0.491 e. The summed E-state index contributed by atoms with van der Waals surface area (Å²) in [5.41, 5.74) is 4.52. The highest BCUT2D eigenvalue weighted by Gasteiger charge is 2.15. The third kappa shape index (κ3) is 3.43. The average Bonchev–Trinajstić information content (AvgIpc) is 2.29. The molecule has 0 aliphatic rings. The number of ether oxygens (including phenoxy) is 2. The van der Waals surface area contributed by atoms with E-state index in [1.807, 2.05) is 45.0 Å². The molecule has 0 amide bonds. The van der Waals surface area contributed by atoms with Crippen molar-refractivity contribution in [1.82, 2.24) is 0 Å². The summed E-state index contributed by atoms with van der Waals surface area (Å²) in [7, 11) is 5.49. The number of rotatable bonds is 7. The summed E-state index contributed by atoms with van der Waals surface area (Å²) in [4.78, 5) is 6.90. The maximum atomic E-state index is 5.66. The van der Waals surface area contributed by atoms with E-state index < -0.39 is 0 Å². The quantitative estimate of drug-likeness (QED) is 0.757. The van der Waals surface area contributed by atoms with Crippen LogP contribution in [-0.2, 0) is 4.84 Å². The van der Waals surface area contributed by atoms with Gasteiger partial charge >= 0.3 is 0 Å². The maximum absolute atomic E-state index is 5.66. The highest BCUT2D eigenvalue weighted by atomic mass is 16.6. The lowest BCUT2D eigenvalue weighted by atomic mass is 10.2. The van der Waals surface area contributed by atoms with E-state index >= 15 is 0 Å². The van der Waals surface area contributed by atoms with Gasteiger partial charge in [-0.25, -0.2) is 0 Å². The summed E-state index contributed by atoms with van der Waals surface area (Å²) in [6.07, 6.45) is 0. The van der Waals surface area contributed by atoms with Crippen molar-refractivity contribution in [2.75, 3.05) is 44.8 Å². The maximum Gasteiger partial charge on any atom is 0.148 e. The fourth-order valence-electron chi connectivity index (χ4n) is 1.73. The van der Waals surface area contributed by atoms with Crippen molar-refractivity contribution in [2.45, 2.75) is 13.8 Å². The molecule has 0 bridgehead atoms. The first-order valence-electron chi connectivity index (χ1n) is 6.03. The van der Waals surface area contributed by atoms with Crippen LogP contribution in [0.3, 0.4) is 0 Å². The summed E-state index contributed by atoms with van der Waals surface area (Å²) >= 11 is 0. The van der Waals surface area contributed by atoms with Gasteiger partial charge in [0.05, 0.1) is 26.0 Å². The molecule has 0 heterocycles. The Hall–Kier alpha value is -1.62. The minimum absolute atomic E-state index is 0.600. The molecule has 0 aliphatic heterocycles. The topological polar surface area (TPSA) is 43.0 Å². The number of nitrogens with one attached hydrogen (secondary N) is 1. The van der Waals surface area contributed by atoms with Gasteiger partial charge < -0.3 is 14.4 Å². The van der Waals surface area contributed by atoms with Crippen LogP contribution in [0.25, 0.3) is 0 Å². The lowest BCUT2D eigenvalue weighted by molar-refractivity contribution is 0.269. The van der Waals surface area contributed by atoms with Gasteiger partial charge in [0.25, 0.3) is 0 Å². The lowest BCUT2D eigenvalue weighted by Crippen LogP contribution is -2.13. The van der Waals surface area contributed by atoms with E-state index in [1.54, 1.807) is 7.11 Å². The van der Waals surface area contributed by atoms with E-state index in [0.717, 1.165) is 22.9 Å². The number of hydrogen-bond donors (Lipinski definition) is 1. The van der Waals surface area contributed by atoms with Crippen LogP contribution in [0.1, 0.15) is 13.8 Å². The van der Waals surface area contributed by atoms with Crippen LogP contribution < -0.4 is 19.9 Å². The molecule has 1 aromatic carbocycles. The van der Waals surface area contributed by atoms with Crippen molar-refractivity contribution in [3.05, 3.63) is 12.1 Å². The Labute approximate surface area is 109 Å². The second kappa shape index (κ2) is 6.96. The van der Waals surface area contributed by atoms with Gasteiger partial charge in [-0.1, -0.05) is 0 Å². The molecule has 0 aliphatic carbocycles. The van der Waals surface area contributed by atoms with Gasteiger partial charge in [0.1, 0.15) is 17.2 Å². The predicted molar refractivity (Wildman–Crippen MR) is 73.7 cm³/mol. The van der Waals surface area contributed by atoms with Gasteiger partial charge in [-0.2, -0.15) is 0 Å². The fourth-order valence-corrected chi connectivity index (χ4v) is 1.73. The van der Waals surface area contributed by atoms with Crippen molar-refractivity contribution >= 4 is 11.4 Å². The third-order valence-corrected chi connectivity index (χ3v) is 2.31. The molecular weight excluding hydrogens is 232 g/mol. The second-order valence-corrected chi connectivity index (χ2v) is 3.89. The van der Waals surface area contributed by atoms with Gasteiger partial charge in [0.15, 0.2) is 0 Å². The molecule has 0 spiro atoms. The van der Waals surface area contributed by atoms with E-state index in [4.69, 9.17) is 14.3 Å². The molecule has 5 heteroatoms. The SMILES string of the molecule is CCOc1cc(NOC)cc(OCC)c1N(C)C.